The molecule has 0 amide bonds. The van der Waals surface area contributed by atoms with Crippen molar-refractivity contribution in [3.63, 3.8) is 0 Å². The van der Waals surface area contributed by atoms with Crippen molar-refractivity contribution in [2.24, 2.45) is 0 Å². The number of rotatable bonds is 2. The zero-order valence-electron chi connectivity index (χ0n) is 8.64. The first-order valence-corrected chi connectivity index (χ1v) is 1.10. The maximum absolute atomic E-state index is 8.95. The Balaban J connectivity index is -0.00000000198. The van der Waals surface area contributed by atoms with E-state index >= 15 is 0 Å². The molecule has 0 spiro atoms. The molecule has 21 heavy (non-hydrogen) atoms. The van der Waals surface area contributed by atoms with E-state index in [0.29, 0.717) is 0 Å². The van der Waals surface area contributed by atoms with Gasteiger partial charge < -0.3 is 60.9 Å². The van der Waals surface area contributed by atoms with Crippen LogP contribution in [-0.4, -0.2) is 192 Å². The Kier molecular flexibility index (Phi) is 934. The van der Waals surface area contributed by atoms with Gasteiger partial charge in [-0.15, -0.1) is 20.2 Å². The van der Waals surface area contributed by atoms with Crippen molar-refractivity contribution in [2.75, 3.05) is 0 Å². The van der Waals surface area contributed by atoms with E-state index in [2.05, 4.69) is 4.94 Å². The van der Waals surface area contributed by atoms with Gasteiger partial charge in [0.15, 0.2) is 0 Å². The number of nitrogens with zero attached hydrogens (tertiary/aromatic N) is 2. The van der Waals surface area contributed by atoms with Crippen LogP contribution in [-0.2, 0) is 4.94 Å². The minimum absolute atomic E-state index is 0. The number of hydrogen-bond donors (Lipinski definition) is 1. The quantitative estimate of drug-likeness (QED) is 0.252. The first-order chi connectivity index (χ1) is 3.13. The summed E-state index contributed by atoms with van der Waals surface area (Å²) in [6.45, 7) is 0. The van der Waals surface area contributed by atoms with Crippen molar-refractivity contribution in [3.05, 3.63) is 20.2 Å². The van der Waals surface area contributed by atoms with Crippen molar-refractivity contribution in [2.45, 2.75) is 0 Å². The van der Waals surface area contributed by atoms with Gasteiger partial charge in [-0.2, -0.15) is 0 Å². The molecule has 0 aliphatic heterocycles. The van der Waals surface area contributed by atoms with E-state index in [1.54, 1.807) is 0 Å². The van der Waals surface area contributed by atoms with Gasteiger partial charge >= 0.3 is 137 Å². The summed E-state index contributed by atoms with van der Waals surface area (Å²) < 4.78 is 0. The predicted octanol–water partition coefficient (Wildman–Crippen LogP) is -11.2. The summed E-state index contributed by atoms with van der Waals surface area (Å²) in [6.07, 6.45) is 0. The van der Waals surface area contributed by atoms with E-state index in [9.17, 15) is 0 Å². The third-order valence-corrected chi connectivity index (χ3v) is 0.133. The van der Waals surface area contributed by atoms with E-state index < -0.39 is 10.2 Å². The fraction of sp³-hybridized carbons (Fsp3) is 0. The third kappa shape index (κ3) is 231. The molecule has 21 heteroatoms. The summed E-state index contributed by atoms with van der Waals surface area (Å²) in [5.41, 5.74) is 0. The Morgan fingerprint density at radius 1 is 0.571 bits per heavy atom. The van der Waals surface area contributed by atoms with Crippen LogP contribution in [0.5, 0.6) is 0 Å². The zero-order chi connectivity index (χ0) is 5.86. The normalized spacial score (nSPS) is 2.48. The molecule has 138 valence electrons. The van der Waals surface area contributed by atoms with Gasteiger partial charge in [0.1, 0.15) is 0 Å². The van der Waals surface area contributed by atoms with Crippen molar-refractivity contribution in [3.8, 4) is 0 Å². The summed E-state index contributed by atoms with van der Waals surface area (Å²) in [7, 11) is 0. The Hall–Kier alpha value is 2.32. The molecule has 0 aromatic rings. The molecular weight excluding hydrogens is 401 g/mol. The van der Waals surface area contributed by atoms with Crippen LogP contribution >= 0.6 is 0 Å². The molecule has 0 aromatic heterocycles. The SMILES string of the molecule is N.O.O.O.O.O.O.O.O.O.O.O=[N+]([O-])O[N+](=O)[O-].[CaH2].[CaH2].[KH]. The van der Waals surface area contributed by atoms with Gasteiger partial charge in [-0.05, 0) is 0 Å². The maximum atomic E-state index is 8.95. The molecule has 0 saturated carbocycles. The van der Waals surface area contributed by atoms with Gasteiger partial charge in [0.2, 0.25) is 0 Å². The molecule has 23 N–H and O–H groups in total. The zero-order valence-corrected chi connectivity index (χ0v) is 8.64. The Morgan fingerprint density at radius 3 is 0.667 bits per heavy atom. The monoisotopic (exact) mass is 429 g/mol. The second kappa shape index (κ2) is 117. The van der Waals surface area contributed by atoms with Crippen LogP contribution in [0.15, 0.2) is 0 Å². The molecule has 0 atom stereocenters. The molecule has 0 saturated heterocycles. The van der Waals surface area contributed by atoms with Crippen molar-refractivity contribution < 1.29 is 69.9 Å². The summed E-state index contributed by atoms with van der Waals surface area (Å²) in [5, 5.41) is 14.9. The summed E-state index contributed by atoms with van der Waals surface area (Å²) >= 11 is 0. The molecule has 18 nitrogen and oxygen atoms in total. The van der Waals surface area contributed by atoms with Crippen LogP contribution in [0.1, 0.15) is 0 Å². The molecule has 0 aliphatic rings. The van der Waals surface area contributed by atoms with Gasteiger partial charge in [-0.25, -0.2) is 0 Å². The third-order valence-electron chi connectivity index (χ3n) is 0.133. The predicted molar refractivity (Wildman–Crippen MR) is 80.5 cm³/mol. The van der Waals surface area contributed by atoms with Crippen LogP contribution in [0, 0.1) is 20.2 Å². The Bertz CT molecular complexity index is 103. The van der Waals surface area contributed by atoms with Gasteiger partial charge in [0.25, 0.3) is 0 Å². The van der Waals surface area contributed by atoms with Crippen LogP contribution in [0.2, 0.25) is 0 Å². The molecule has 0 fully saturated rings. The number of hydrogen-bond acceptors (Lipinski definition) is 6. The standard InChI is InChI=1S/2Ca.K.N2O5.H3N.10H2O.5H/c;;;3-1(4)7-2(5)6;;;;;;;;;;;;;;;;/h;;;;1H3;10*1H2;;;;;. The second-order valence-corrected chi connectivity index (χ2v) is 0.529. The molecule has 0 radical (unpaired) electrons. The summed E-state index contributed by atoms with van der Waals surface area (Å²) in [5.74, 6) is 0. The van der Waals surface area contributed by atoms with Crippen LogP contribution in [0.4, 0.5) is 0 Å². The molecule has 0 unspecified atom stereocenters. The van der Waals surface area contributed by atoms with E-state index in [-0.39, 0.29) is 188 Å². The van der Waals surface area contributed by atoms with Crippen molar-refractivity contribution in [1.29, 1.82) is 0 Å². The van der Waals surface area contributed by atoms with Gasteiger partial charge in [-0.1, -0.05) is 0 Å². The van der Waals surface area contributed by atoms with Crippen LogP contribution < -0.4 is 6.15 Å². The summed E-state index contributed by atoms with van der Waals surface area (Å²) in [6, 6.07) is 0. The fourth-order valence-corrected chi connectivity index (χ4v) is 0.0544. The molecule has 0 aliphatic carbocycles. The average molecular weight is 429 g/mol. The topological polar surface area (TPSA) is 446 Å². The van der Waals surface area contributed by atoms with E-state index in [4.69, 9.17) is 20.2 Å². The van der Waals surface area contributed by atoms with Crippen LogP contribution in [0.25, 0.3) is 0 Å². The first-order valence-electron chi connectivity index (χ1n) is 1.10. The van der Waals surface area contributed by atoms with Gasteiger partial charge in [0.05, 0.1) is 0 Å². The summed E-state index contributed by atoms with van der Waals surface area (Å²) in [4.78, 5) is 20.6. The Morgan fingerprint density at radius 2 is 0.667 bits per heavy atom. The van der Waals surface area contributed by atoms with Crippen LogP contribution in [0.3, 0.4) is 0 Å². The molecule has 0 heterocycles. The van der Waals surface area contributed by atoms with E-state index in [1.807, 2.05) is 0 Å². The van der Waals surface area contributed by atoms with Crippen molar-refractivity contribution >= 4 is 127 Å². The van der Waals surface area contributed by atoms with Gasteiger partial charge in [-0.3, -0.25) is 0 Å². The van der Waals surface area contributed by atoms with Gasteiger partial charge in [0, 0.05) is 4.94 Å². The Labute approximate surface area is 219 Å². The minimum atomic E-state index is -1.50. The van der Waals surface area contributed by atoms with E-state index in [0.717, 1.165) is 0 Å². The average Bonchev–Trinajstić information content (AvgIpc) is 1.27. The molecule has 0 aromatic carbocycles. The second-order valence-electron chi connectivity index (χ2n) is 0.529. The fourth-order valence-electron chi connectivity index (χ4n) is 0.0544. The van der Waals surface area contributed by atoms with Crippen molar-refractivity contribution in [1.82, 2.24) is 6.15 Å². The molecule has 0 rings (SSSR count). The van der Waals surface area contributed by atoms with E-state index in [1.165, 1.54) is 0 Å². The first kappa shape index (κ1) is 168. The molecular formula is H28Ca2KN3O15. The molecule has 0 bridgehead atoms.